The first-order valence-electron chi connectivity index (χ1n) is 9.37. The summed E-state index contributed by atoms with van der Waals surface area (Å²) in [7, 11) is 1.70. The zero-order chi connectivity index (χ0) is 19.2. The number of nitrogens with zero attached hydrogens (tertiary/aromatic N) is 2. The number of aryl methyl sites for hydroxylation is 1. The van der Waals surface area contributed by atoms with Gasteiger partial charge in [0.1, 0.15) is 11.5 Å². The minimum absolute atomic E-state index is 0.275. The van der Waals surface area contributed by atoms with Crippen LogP contribution < -0.4 is 10.2 Å². The molecule has 2 heterocycles. The van der Waals surface area contributed by atoms with E-state index in [1.165, 1.54) is 25.5 Å². The molecule has 0 radical (unpaired) electrons. The van der Waals surface area contributed by atoms with E-state index in [-0.39, 0.29) is 5.91 Å². The molecule has 1 saturated heterocycles. The highest BCUT2D eigenvalue weighted by molar-refractivity contribution is 6.01. The van der Waals surface area contributed by atoms with Crippen molar-refractivity contribution >= 4 is 11.6 Å². The molecule has 1 aromatic carbocycles. The van der Waals surface area contributed by atoms with E-state index < -0.39 is 0 Å². The summed E-state index contributed by atoms with van der Waals surface area (Å²) in [6.45, 7) is 6.75. The highest BCUT2D eigenvalue weighted by Crippen LogP contribution is 2.23. The summed E-state index contributed by atoms with van der Waals surface area (Å²) in [5.74, 6) is 1.19. The Bertz CT molecular complexity index is 820. The first-order chi connectivity index (χ1) is 13.1. The monoisotopic (exact) mass is 369 g/mol. The summed E-state index contributed by atoms with van der Waals surface area (Å²) in [6, 6.07) is 7.67. The van der Waals surface area contributed by atoms with Gasteiger partial charge in [0.2, 0.25) is 0 Å². The van der Waals surface area contributed by atoms with Crippen LogP contribution in [-0.2, 0) is 6.54 Å². The molecule has 1 fully saturated rings. The Balaban J connectivity index is 1.73. The lowest BCUT2D eigenvalue weighted by Crippen LogP contribution is -2.29. The van der Waals surface area contributed by atoms with E-state index in [1.54, 1.807) is 20.1 Å². The topological polar surface area (TPSA) is 67.1 Å². The SMILES string of the molecule is COc1ccc(/C(C)=N\NC(=O)c2ccoc2C)cc1CN1CCCCC1. The maximum atomic E-state index is 12.2. The number of ether oxygens (including phenoxy) is 1. The summed E-state index contributed by atoms with van der Waals surface area (Å²) >= 11 is 0. The van der Waals surface area contributed by atoms with Gasteiger partial charge < -0.3 is 9.15 Å². The van der Waals surface area contributed by atoms with E-state index in [2.05, 4.69) is 21.5 Å². The van der Waals surface area contributed by atoms with Crippen molar-refractivity contribution in [2.75, 3.05) is 20.2 Å². The van der Waals surface area contributed by atoms with Crippen LogP contribution in [0.15, 0.2) is 40.0 Å². The van der Waals surface area contributed by atoms with Crippen LogP contribution in [0.3, 0.4) is 0 Å². The Morgan fingerprint density at radius 3 is 2.70 bits per heavy atom. The maximum absolute atomic E-state index is 12.2. The van der Waals surface area contributed by atoms with Gasteiger partial charge in [-0.3, -0.25) is 9.69 Å². The number of likely N-dealkylation sites (tertiary alicyclic amines) is 1. The fourth-order valence-corrected chi connectivity index (χ4v) is 3.37. The lowest BCUT2D eigenvalue weighted by molar-refractivity contribution is 0.0953. The summed E-state index contributed by atoms with van der Waals surface area (Å²) in [4.78, 5) is 14.6. The molecule has 1 N–H and O–H groups in total. The van der Waals surface area contributed by atoms with Gasteiger partial charge in [0.05, 0.1) is 24.6 Å². The van der Waals surface area contributed by atoms with E-state index in [0.29, 0.717) is 11.3 Å². The van der Waals surface area contributed by atoms with Crippen molar-refractivity contribution in [3.63, 3.8) is 0 Å². The van der Waals surface area contributed by atoms with Crippen molar-refractivity contribution in [3.8, 4) is 5.75 Å². The normalized spacial score (nSPS) is 15.6. The lowest BCUT2D eigenvalue weighted by atomic mass is 10.0. The number of hydrogen-bond donors (Lipinski definition) is 1. The van der Waals surface area contributed by atoms with E-state index in [0.717, 1.165) is 42.2 Å². The van der Waals surface area contributed by atoms with Crippen molar-refractivity contribution in [2.24, 2.45) is 5.10 Å². The molecule has 0 saturated carbocycles. The first kappa shape index (κ1) is 19.2. The zero-order valence-electron chi connectivity index (χ0n) is 16.2. The second-order valence-corrected chi connectivity index (χ2v) is 6.89. The minimum Gasteiger partial charge on any atom is -0.496 e. The molecule has 0 atom stereocenters. The Kier molecular flexibility index (Phi) is 6.29. The highest BCUT2D eigenvalue weighted by Gasteiger charge is 2.15. The van der Waals surface area contributed by atoms with Crippen LogP contribution in [-0.4, -0.2) is 36.7 Å². The van der Waals surface area contributed by atoms with Crippen molar-refractivity contribution in [1.82, 2.24) is 10.3 Å². The summed E-state index contributed by atoms with van der Waals surface area (Å²) in [6.07, 6.45) is 5.32. The molecule has 0 bridgehead atoms. The molecule has 0 unspecified atom stereocenters. The van der Waals surface area contributed by atoms with Crippen molar-refractivity contribution < 1.29 is 13.9 Å². The van der Waals surface area contributed by atoms with E-state index in [9.17, 15) is 4.79 Å². The molecular weight excluding hydrogens is 342 g/mol. The van der Waals surface area contributed by atoms with E-state index in [4.69, 9.17) is 9.15 Å². The second kappa shape index (κ2) is 8.86. The molecule has 3 rings (SSSR count). The largest absolute Gasteiger partial charge is 0.496 e. The minimum atomic E-state index is -0.275. The van der Waals surface area contributed by atoms with Crippen molar-refractivity contribution in [2.45, 2.75) is 39.7 Å². The molecule has 1 aliphatic heterocycles. The Hall–Kier alpha value is -2.60. The number of hydrogen-bond acceptors (Lipinski definition) is 5. The van der Waals surface area contributed by atoms with Crippen molar-refractivity contribution in [1.29, 1.82) is 0 Å². The third kappa shape index (κ3) is 4.77. The average molecular weight is 369 g/mol. The smallest absolute Gasteiger partial charge is 0.274 e. The number of hydrazone groups is 1. The number of methoxy groups -OCH3 is 1. The van der Waals surface area contributed by atoms with Crippen LogP contribution in [0.25, 0.3) is 0 Å². The Morgan fingerprint density at radius 2 is 2.04 bits per heavy atom. The van der Waals surface area contributed by atoms with E-state index >= 15 is 0 Å². The predicted molar refractivity (Wildman–Crippen MR) is 105 cm³/mol. The van der Waals surface area contributed by atoms with Gasteiger partial charge in [-0.15, -0.1) is 0 Å². The van der Waals surface area contributed by atoms with Gasteiger partial charge in [-0.1, -0.05) is 6.42 Å². The van der Waals surface area contributed by atoms with Gasteiger partial charge in [0, 0.05) is 12.1 Å². The van der Waals surface area contributed by atoms with Crippen LogP contribution in [0.1, 0.15) is 53.4 Å². The molecule has 0 spiro atoms. The molecular formula is C21H27N3O3. The number of nitrogens with one attached hydrogen (secondary N) is 1. The molecule has 6 nitrogen and oxygen atoms in total. The molecule has 144 valence electrons. The van der Waals surface area contributed by atoms with Crippen molar-refractivity contribution in [3.05, 3.63) is 53.0 Å². The number of carbonyl (C=O) groups excluding carboxylic acids is 1. The van der Waals surface area contributed by atoms with E-state index in [1.807, 2.05) is 19.1 Å². The second-order valence-electron chi connectivity index (χ2n) is 6.89. The molecule has 1 aromatic heterocycles. The fraction of sp³-hybridized carbons (Fsp3) is 0.429. The number of amides is 1. The molecule has 1 aliphatic rings. The van der Waals surface area contributed by atoms with Crippen LogP contribution in [0.2, 0.25) is 0 Å². The molecule has 1 amide bonds. The maximum Gasteiger partial charge on any atom is 0.274 e. The van der Waals surface area contributed by atoms with Gasteiger partial charge >= 0.3 is 0 Å². The number of furan rings is 1. The summed E-state index contributed by atoms with van der Waals surface area (Å²) < 4.78 is 10.7. The van der Waals surface area contributed by atoms with Gasteiger partial charge in [-0.05, 0) is 69.6 Å². The van der Waals surface area contributed by atoms with Crippen LogP contribution in [0, 0.1) is 6.92 Å². The third-order valence-electron chi connectivity index (χ3n) is 4.97. The molecule has 0 aliphatic carbocycles. The quantitative estimate of drug-likeness (QED) is 0.622. The Morgan fingerprint density at radius 1 is 1.26 bits per heavy atom. The average Bonchev–Trinajstić information content (AvgIpc) is 3.12. The summed E-state index contributed by atoms with van der Waals surface area (Å²) in [5, 5.41) is 4.26. The first-order valence-corrected chi connectivity index (χ1v) is 9.37. The lowest BCUT2D eigenvalue weighted by Gasteiger charge is -2.27. The van der Waals surface area contributed by atoms with Gasteiger partial charge in [-0.2, -0.15) is 5.10 Å². The van der Waals surface area contributed by atoms with Gasteiger partial charge in [0.15, 0.2) is 0 Å². The van der Waals surface area contributed by atoms with Crippen LogP contribution in [0.4, 0.5) is 0 Å². The standard InChI is InChI=1S/C21H27N3O3/c1-15(22-23-21(25)19-9-12-27-16(19)2)17-7-8-20(26-3)18(13-17)14-24-10-5-4-6-11-24/h7-9,12-13H,4-6,10-11,14H2,1-3H3,(H,23,25)/b22-15-. The number of piperidine rings is 1. The molecule has 27 heavy (non-hydrogen) atoms. The number of rotatable bonds is 6. The van der Waals surface area contributed by atoms with Gasteiger partial charge in [0.25, 0.3) is 5.91 Å². The number of benzene rings is 1. The Labute approximate surface area is 160 Å². The van der Waals surface area contributed by atoms with Crippen LogP contribution in [0.5, 0.6) is 5.75 Å². The molecule has 6 heteroatoms. The number of carbonyl (C=O) groups is 1. The van der Waals surface area contributed by atoms with Crippen LogP contribution >= 0.6 is 0 Å². The third-order valence-corrected chi connectivity index (χ3v) is 4.97. The highest BCUT2D eigenvalue weighted by atomic mass is 16.5. The summed E-state index contributed by atoms with van der Waals surface area (Å²) in [5.41, 5.74) is 5.94. The fourth-order valence-electron chi connectivity index (χ4n) is 3.37. The zero-order valence-corrected chi connectivity index (χ0v) is 16.2. The predicted octanol–water partition coefficient (Wildman–Crippen LogP) is 3.74. The van der Waals surface area contributed by atoms with Gasteiger partial charge in [-0.25, -0.2) is 5.43 Å². The molecule has 2 aromatic rings.